The number of methoxy groups -OCH3 is 1. The van der Waals surface area contributed by atoms with Crippen LogP contribution in [0, 0.1) is 6.92 Å². The number of pyridine rings is 1. The van der Waals surface area contributed by atoms with E-state index in [1.54, 1.807) is 22.9 Å². The molecule has 0 spiro atoms. The highest BCUT2D eigenvalue weighted by molar-refractivity contribution is 6.09. The molecule has 0 radical (unpaired) electrons. The molecular formula is C20H18N4O3. The van der Waals surface area contributed by atoms with E-state index < -0.39 is 5.97 Å². The standard InChI is InChI=1S/C20H18N4O3/c1-11-17-18(21-12-8-9-16(27-3)14(10-12)20(25)26)13-6-4-5-7-15(13)22-19(17)24(2)23-11/h4-10H,1-3H3,(H,21,22)(H,25,26). The van der Waals surface area contributed by atoms with Crippen molar-refractivity contribution in [2.24, 2.45) is 7.05 Å². The normalized spacial score (nSPS) is 11.1. The first-order valence-electron chi connectivity index (χ1n) is 8.40. The molecule has 27 heavy (non-hydrogen) atoms. The molecule has 0 aliphatic rings. The number of anilines is 2. The summed E-state index contributed by atoms with van der Waals surface area (Å²) < 4.78 is 6.89. The predicted molar refractivity (Wildman–Crippen MR) is 104 cm³/mol. The summed E-state index contributed by atoms with van der Waals surface area (Å²) in [7, 11) is 3.31. The van der Waals surface area contributed by atoms with E-state index >= 15 is 0 Å². The van der Waals surface area contributed by atoms with E-state index in [-0.39, 0.29) is 5.56 Å². The van der Waals surface area contributed by atoms with E-state index in [0.29, 0.717) is 11.4 Å². The lowest BCUT2D eigenvalue weighted by atomic mass is 10.1. The highest BCUT2D eigenvalue weighted by Crippen LogP contribution is 2.35. The second kappa shape index (κ2) is 6.28. The van der Waals surface area contributed by atoms with Gasteiger partial charge in [0.05, 0.1) is 29.4 Å². The molecule has 7 heteroatoms. The summed E-state index contributed by atoms with van der Waals surface area (Å²) in [5.74, 6) is -0.729. The number of fused-ring (bicyclic) bond motifs is 2. The highest BCUT2D eigenvalue weighted by Gasteiger charge is 2.17. The number of carboxylic acids is 1. The Morgan fingerprint density at radius 2 is 2.00 bits per heavy atom. The zero-order chi connectivity index (χ0) is 19.1. The maximum absolute atomic E-state index is 11.5. The van der Waals surface area contributed by atoms with E-state index in [2.05, 4.69) is 10.4 Å². The zero-order valence-electron chi connectivity index (χ0n) is 15.1. The molecule has 136 valence electrons. The number of nitrogens with zero attached hydrogens (tertiary/aromatic N) is 3. The van der Waals surface area contributed by atoms with Crippen LogP contribution < -0.4 is 10.1 Å². The molecule has 2 heterocycles. The third-order valence-corrected chi connectivity index (χ3v) is 4.54. The molecule has 2 aromatic heterocycles. The Morgan fingerprint density at radius 1 is 1.22 bits per heavy atom. The minimum atomic E-state index is -1.04. The topological polar surface area (TPSA) is 89.3 Å². The van der Waals surface area contributed by atoms with E-state index in [1.807, 2.05) is 38.2 Å². The Hall–Kier alpha value is -3.61. The van der Waals surface area contributed by atoms with Gasteiger partial charge in [-0.3, -0.25) is 4.68 Å². The predicted octanol–water partition coefficient (Wildman–Crippen LogP) is 3.88. The van der Waals surface area contributed by atoms with Crippen molar-refractivity contribution in [3.05, 3.63) is 53.7 Å². The van der Waals surface area contributed by atoms with E-state index in [4.69, 9.17) is 9.72 Å². The van der Waals surface area contributed by atoms with Gasteiger partial charge in [0.25, 0.3) is 0 Å². The maximum atomic E-state index is 11.5. The number of aromatic carboxylic acids is 1. The smallest absolute Gasteiger partial charge is 0.339 e. The molecule has 0 saturated carbocycles. The quantitative estimate of drug-likeness (QED) is 0.573. The average molecular weight is 362 g/mol. The summed E-state index contributed by atoms with van der Waals surface area (Å²) in [4.78, 5) is 16.3. The van der Waals surface area contributed by atoms with Gasteiger partial charge in [0.1, 0.15) is 11.3 Å². The van der Waals surface area contributed by atoms with Crippen molar-refractivity contribution in [1.29, 1.82) is 0 Å². The van der Waals surface area contributed by atoms with Crippen molar-refractivity contribution in [2.75, 3.05) is 12.4 Å². The third kappa shape index (κ3) is 2.73. The third-order valence-electron chi connectivity index (χ3n) is 4.54. The monoisotopic (exact) mass is 362 g/mol. The molecule has 0 aliphatic carbocycles. The summed E-state index contributed by atoms with van der Waals surface area (Å²) in [6.07, 6.45) is 0. The van der Waals surface area contributed by atoms with Crippen molar-refractivity contribution in [3.63, 3.8) is 0 Å². The molecule has 4 rings (SSSR count). The van der Waals surface area contributed by atoms with Crippen LogP contribution in [0.1, 0.15) is 16.1 Å². The Morgan fingerprint density at radius 3 is 2.74 bits per heavy atom. The van der Waals surface area contributed by atoms with Gasteiger partial charge < -0.3 is 15.2 Å². The summed E-state index contributed by atoms with van der Waals surface area (Å²) >= 11 is 0. The molecular weight excluding hydrogens is 344 g/mol. The van der Waals surface area contributed by atoms with Crippen molar-refractivity contribution < 1.29 is 14.6 Å². The summed E-state index contributed by atoms with van der Waals surface area (Å²) in [6, 6.07) is 12.8. The second-order valence-corrected chi connectivity index (χ2v) is 6.26. The van der Waals surface area contributed by atoms with E-state index in [9.17, 15) is 9.90 Å². The Balaban J connectivity index is 1.95. The molecule has 7 nitrogen and oxygen atoms in total. The molecule has 0 saturated heterocycles. The van der Waals surface area contributed by atoms with E-state index in [0.717, 1.165) is 33.3 Å². The largest absolute Gasteiger partial charge is 0.496 e. The molecule has 0 aliphatic heterocycles. The van der Waals surface area contributed by atoms with Gasteiger partial charge in [-0.2, -0.15) is 5.10 Å². The van der Waals surface area contributed by atoms with Gasteiger partial charge in [-0.05, 0) is 31.2 Å². The maximum Gasteiger partial charge on any atom is 0.339 e. The van der Waals surface area contributed by atoms with Crippen molar-refractivity contribution in [3.8, 4) is 5.75 Å². The van der Waals surface area contributed by atoms with Crippen LogP contribution in [-0.2, 0) is 7.05 Å². The molecule has 0 fully saturated rings. The average Bonchev–Trinajstić information content (AvgIpc) is 2.95. The Labute approximate surface area is 155 Å². The summed E-state index contributed by atoms with van der Waals surface area (Å²) in [5.41, 5.74) is 4.04. The molecule has 0 bridgehead atoms. The lowest BCUT2D eigenvalue weighted by Crippen LogP contribution is -2.02. The van der Waals surface area contributed by atoms with Gasteiger partial charge in [0, 0.05) is 18.1 Å². The zero-order valence-corrected chi connectivity index (χ0v) is 15.1. The number of para-hydroxylation sites is 1. The number of ether oxygens (including phenoxy) is 1. The number of hydrogen-bond donors (Lipinski definition) is 2. The molecule has 0 amide bonds. The molecule has 4 aromatic rings. The first-order chi connectivity index (χ1) is 13.0. The fourth-order valence-electron chi connectivity index (χ4n) is 3.33. The summed E-state index contributed by atoms with van der Waals surface area (Å²) in [6.45, 7) is 1.93. The number of hydrogen-bond acceptors (Lipinski definition) is 5. The van der Waals surface area contributed by atoms with Crippen LogP contribution in [0.2, 0.25) is 0 Å². The fraction of sp³-hybridized carbons (Fsp3) is 0.150. The number of rotatable bonds is 4. The Kier molecular flexibility index (Phi) is 3.92. The van der Waals surface area contributed by atoms with Crippen LogP contribution in [0.25, 0.3) is 21.9 Å². The van der Waals surface area contributed by atoms with Gasteiger partial charge in [-0.1, -0.05) is 18.2 Å². The number of aromatic nitrogens is 3. The van der Waals surface area contributed by atoms with Crippen LogP contribution >= 0.6 is 0 Å². The fourth-order valence-corrected chi connectivity index (χ4v) is 3.33. The minimum absolute atomic E-state index is 0.0972. The summed E-state index contributed by atoms with van der Waals surface area (Å²) in [5, 5.41) is 19.2. The molecule has 0 atom stereocenters. The highest BCUT2D eigenvalue weighted by atomic mass is 16.5. The van der Waals surface area contributed by atoms with Gasteiger partial charge in [0.2, 0.25) is 0 Å². The number of carbonyl (C=O) groups is 1. The lowest BCUT2D eigenvalue weighted by Gasteiger charge is -2.13. The molecule has 2 N–H and O–H groups in total. The lowest BCUT2D eigenvalue weighted by molar-refractivity contribution is 0.0693. The molecule has 2 aromatic carbocycles. The number of carboxylic acid groups (broad SMARTS) is 1. The van der Waals surface area contributed by atoms with Gasteiger partial charge in [-0.15, -0.1) is 0 Å². The van der Waals surface area contributed by atoms with Crippen LogP contribution in [0.5, 0.6) is 5.75 Å². The van der Waals surface area contributed by atoms with Crippen LogP contribution in [0.15, 0.2) is 42.5 Å². The first-order valence-corrected chi connectivity index (χ1v) is 8.40. The SMILES string of the molecule is COc1ccc(Nc2c3ccccc3nc3c2c(C)nn3C)cc1C(=O)O. The number of nitrogens with one attached hydrogen (secondary N) is 1. The number of benzene rings is 2. The van der Waals surface area contributed by atoms with E-state index in [1.165, 1.54) is 7.11 Å². The molecule has 0 unspecified atom stereocenters. The first kappa shape index (κ1) is 16.8. The van der Waals surface area contributed by atoms with Crippen LogP contribution in [0.4, 0.5) is 11.4 Å². The van der Waals surface area contributed by atoms with Crippen molar-refractivity contribution in [1.82, 2.24) is 14.8 Å². The van der Waals surface area contributed by atoms with Crippen LogP contribution in [0.3, 0.4) is 0 Å². The van der Waals surface area contributed by atoms with Gasteiger partial charge in [0.15, 0.2) is 5.65 Å². The number of aryl methyl sites for hydroxylation is 2. The van der Waals surface area contributed by atoms with Gasteiger partial charge >= 0.3 is 5.97 Å². The Bertz CT molecular complexity index is 1200. The van der Waals surface area contributed by atoms with Crippen molar-refractivity contribution in [2.45, 2.75) is 6.92 Å². The van der Waals surface area contributed by atoms with Gasteiger partial charge in [-0.25, -0.2) is 9.78 Å². The second-order valence-electron chi connectivity index (χ2n) is 6.26. The van der Waals surface area contributed by atoms with Crippen molar-refractivity contribution >= 4 is 39.3 Å². The van der Waals surface area contributed by atoms with Crippen LogP contribution in [-0.4, -0.2) is 33.0 Å². The minimum Gasteiger partial charge on any atom is -0.496 e.